The number of nitrogens with zero attached hydrogens (tertiary/aromatic N) is 6. The van der Waals surface area contributed by atoms with Crippen molar-refractivity contribution in [2.75, 3.05) is 0 Å². The van der Waals surface area contributed by atoms with Crippen molar-refractivity contribution in [3.8, 4) is 11.4 Å². The van der Waals surface area contributed by atoms with E-state index in [4.69, 9.17) is 4.74 Å². The molecule has 1 aliphatic rings. The quantitative estimate of drug-likeness (QED) is 0.242. The summed E-state index contributed by atoms with van der Waals surface area (Å²) in [5, 5.41) is 22.5. The Morgan fingerprint density at radius 3 is 2.89 bits per heavy atom. The lowest BCUT2D eigenvalue weighted by Crippen LogP contribution is -2.13. The fraction of sp³-hybridized carbons (Fsp3) is 0.304. The second-order valence-electron chi connectivity index (χ2n) is 8.69. The van der Waals surface area contributed by atoms with Gasteiger partial charge in [0.05, 0.1) is 21.5 Å². The average Bonchev–Trinajstić information content (AvgIpc) is 3.41. The van der Waals surface area contributed by atoms with Crippen LogP contribution >= 0.6 is 15.9 Å². The Kier molecular flexibility index (Phi) is 6.39. The van der Waals surface area contributed by atoms with Gasteiger partial charge in [0, 0.05) is 36.9 Å². The van der Waals surface area contributed by atoms with E-state index in [0.717, 1.165) is 6.54 Å². The summed E-state index contributed by atoms with van der Waals surface area (Å²) in [6.07, 6.45) is 5.02. The summed E-state index contributed by atoms with van der Waals surface area (Å²) in [5.41, 5.74) is 1.76. The summed E-state index contributed by atoms with van der Waals surface area (Å²) < 4.78 is 24.0. The molecule has 0 saturated heterocycles. The number of halogens is 2. The molecule has 5 rings (SSSR count). The van der Waals surface area contributed by atoms with Crippen LogP contribution in [0, 0.1) is 21.8 Å². The molecular formula is C23H21BrFN7O4. The molecular weight excluding hydrogens is 537 g/mol. The summed E-state index contributed by atoms with van der Waals surface area (Å²) in [7, 11) is 0. The summed E-state index contributed by atoms with van der Waals surface area (Å²) >= 11 is 3.23. The van der Waals surface area contributed by atoms with Gasteiger partial charge in [0.1, 0.15) is 11.9 Å². The van der Waals surface area contributed by atoms with Crippen molar-refractivity contribution in [2.24, 2.45) is 5.92 Å². The number of rotatable bonds is 9. The SMILES string of the molecule is C[C@@H](Oc1cc(Br)cnc1[N+](=O)[O-])c1cc(F)ccc1-n1[nH]c(=O)cc1Cc1cn(CC2CC2)nn1. The molecule has 1 saturated carbocycles. The van der Waals surface area contributed by atoms with Gasteiger partial charge < -0.3 is 14.9 Å². The first-order chi connectivity index (χ1) is 17.3. The maximum Gasteiger partial charge on any atom is 0.406 e. The molecule has 1 N–H and O–H groups in total. The first-order valence-electron chi connectivity index (χ1n) is 11.2. The zero-order valence-corrected chi connectivity index (χ0v) is 20.7. The monoisotopic (exact) mass is 557 g/mol. The number of hydrogen-bond acceptors (Lipinski definition) is 7. The van der Waals surface area contributed by atoms with Gasteiger partial charge in [-0.15, -0.1) is 5.10 Å². The van der Waals surface area contributed by atoms with Crippen LogP contribution in [0.1, 0.15) is 42.8 Å². The molecule has 13 heteroatoms. The van der Waals surface area contributed by atoms with Crippen molar-refractivity contribution in [2.45, 2.75) is 38.8 Å². The zero-order chi connectivity index (χ0) is 25.4. The van der Waals surface area contributed by atoms with Gasteiger partial charge in [0.2, 0.25) is 5.75 Å². The van der Waals surface area contributed by atoms with E-state index >= 15 is 0 Å². The molecule has 1 aliphatic carbocycles. The minimum atomic E-state index is -0.830. The van der Waals surface area contributed by atoms with Crippen molar-refractivity contribution in [1.82, 2.24) is 29.8 Å². The van der Waals surface area contributed by atoms with Crippen LogP contribution < -0.4 is 10.3 Å². The normalized spacial score (nSPS) is 14.1. The Labute approximate surface area is 212 Å². The number of benzene rings is 1. The van der Waals surface area contributed by atoms with Crippen LogP contribution in [-0.2, 0) is 13.0 Å². The number of nitrogens with one attached hydrogen (secondary N) is 1. The molecule has 11 nitrogen and oxygen atoms in total. The fourth-order valence-electron chi connectivity index (χ4n) is 3.98. The van der Waals surface area contributed by atoms with Crippen LogP contribution in [0.3, 0.4) is 0 Å². The first kappa shape index (κ1) is 23.9. The zero-order valence-electron chi connectivity index (χ0n) is 19.1. The lowest BCUT2D eigenvalue weighted by molar-refractivity contribution is -0.390. The Hall–Kier alpha value is -3.87. The van der Waals surface area contributed by atoms with Crippen LogP contribution in [-0.4, -0.2) is 34.7 Å². The molecule has 3 heterocycles. The predicted octanol–water partition coefficient (Wildman–Crippen LogP) is 4.10. The molecule has 0 spiro atoms. The van der Waals surface area contributed by atoms with Gasteiger partial charge >= 0.3 is 5.82 Å². The second-order valence-corrected chi connectivity index (χ2v) is 9.61. The molecule has 0 unspecified atom stereocenters. The highest BCUT2D eigenvalue weighted by molar-refractivity contribution is 9.10. The Morgan fingerprint density at radius 2 is 2.14 bits per heavy atom. The van der Waals surface area contributed by atoms with Crippen LogP contribution in [0.2, 0.25) is 0 Å². The van der Waals surface area contributed by atoms with Gasteiger partial charge in [-0.05, 0) is 69.7 Å². The van der Waals surface area contributed by atoms with E-state index in [1.165, 1.54) is 49.4 Å². The third kappa shape index (κ3) is 5.20. The van der Waals surface area contributed by atoms with Crippen LogP contribution in [0.25, 0.3) is 5.69 Å². The van der Waals surface area contributed by atoms with Gasteiger partial charge in [-0.25, -0.2) is 4.39 Å². The van der Waals surface area contributed by atoms with E-state index in [9.17, 15) is 19.3 Å². The van der Waals surface area contributed by atoms with E-state index in [1.807, 2.05) is 6.20 Å². The maximum absolute atomic E-state index is 14.3. The average molecular weight is 558 g/mol. The first-order valence-corrected chi connectivity index (χ1v) is 12.0. The lowest BCUT2D eigenvalue weighted by atomic mass is 10.1. The minimum Gasteiger partial charge on any atom is -0.478 e. The highest BCUT2D eigenvalue weighted by Crippen LogP contribution is 2.34. The lowest BCUT2D eigenvalue weighted by Gasteiger charge is -2.20. The molecule has 0 bridgehead atoms. The molecule has 1 fully saturated rings. The molecule has 1 atom stereocenters. The molecule has 1 aromatic carbocycles. The van der Waals surface area contributed by atoms with Crippen molar-refractivity contribution in [3.05, 3.63) is 90.4 Å². The van der Waals surface area contributed by atoms with Crippen LogP contribution in [0.4, 0.5) is 10.2 Å². The summed E-state index contributed by atoms with van der Waals surface area (Å²) in [6, 6.07) is 6.92. The third-order valence-corrected chi connectivity index (χ3v) is 6.28. The highest BCUT2D eigenvalue weighted by Gasteiger charge is 2.24. The number of aromatic amines is 1. The van der Waals surface area contributed by atoms with Crippen LogP contribution in [0.15, 0.2) is 52.0 Å². The number of aromatic nitrogens is 6. The van der Waals surface area contributed by atoms with Crippen molar-refractivity contribution >= 4 is 21.7 Å². The Morgan fingerprint density at radius 1 is 1.33 bits per heavy atom. The maximum atomic E-state index is 14.3. The smallest absolute Gasteiger partial charge is 0.406 e. The summed E-state index contributed by atoms with van der Waals surface area (Å²) in [4.78, 5) is 26.9. The Balaban J connectivity index is 1.47. The highest BCUT2D eigenvalue weighted by atomic mass is 79.9. The van der Waals surface area contributed by atoms with Gasteiger partial charge in [-0.1, -0.05) is 5.21 Å². The van der Waals surface area contributed by atoms with Gasteiger partial charge in [-0.2, -0.15) is 0 Å². The van der Waals surface area contributed by atoms with E-state index in [1.54, 1.807) is 16.3 Å². The molecule has 3 aromatic heterocycles. The molecule has 36 heavy (non-hydrogen) atoms. The van der Waals surface area contributed by atoms with Crippen molar-refractivity contribution < 1.29 is 14.1 Å². The van der Waals surface area contributed by atoms with Gasteiger partial charge in [-0.3, -0.25) is 19.3 Å². The van der Waals surface area contributed by atoms with Gasteiger partial charge in [0.25, 0.3) is 5.56 Å². The van der Waals surface area contributed by atoms with E-state index in [2.05, 4.69) is 36.3 Å². The third-order valence-electron chi connectivity index (χ3n) is 5.84. The molecule has 0 radical (unpaired) electrons. The number of ether oxygens (including phenoxy) is 1. The largest absolute Gasteiger partial charge is 0.478 e. The number of hydrogen-bond donors (Lipinski definition) is 1. The van der Waals surface area contributed by atoms with Crippen molar-refractivity contribution in [1.29, 1.82) is 0 Å². The van der Waals surface area contributed by atoms with Gasteiger partial charge in [0.15, 0.2) is 6.20 Å². The standard InChI is InChI=1S/C23H21BrFN7O4/c1-13(36-21-6-15(24)10-26-23(21)32(34)35)19-7-16(25)4-5-20(19)31-18(9-22(33)28-31)8-17-12-30(29-27-17)11-14-2-3-14/h4-7,9-10,12-14H,2-3,8,11H2,1H3,(H,28,33)/t13-/m1/s1. The number of H-pyrrole nitrogens is 1. The number of nitro groups is 1. The predicted molar refractivity (Wildman–Crippen MR) is 130 cm³/mol. The molecule has 0 aliphatic heterocycles. The number of pyridine rings is 1. The molecule has 186 valence electrons. The van der Waals surface area contributed by atoms with Crippen molar-refractivity contribution in [3.63, 3.8) is 0 Å². The van der Waals surface area contributed by atoms with E-state index in [-0.39, 0.29) is 11.3 Å². The van der Waals surface area contributed by atoms with Crippen LogP contribution in [0.5, 0.6) is 5.75 Å². The summed E-state index contributed by atoms with van der Waals surface area (Å²) in [5.74, 6) is -0.424. The molecule has 4 aromatic rings. The van der Waals surface area contributed by atoms with E-state index < -0.39 is 22.7 Å². The second kappa shape index (κ2) is 9.64. The fourth-order valence-corrected chi connectivity index (χ4v) is 4.29. The minimum absolute atomic E-state index is 0.0782. The molecule has 0 amide bonds. The van der Waals surface area contributed by atoms with E-state index in [0.29, 0.717) is 39.5 Å². The topological polar surface area (TPSA) is 134 Å². The summed E-state index contributed by atoms with van der Waals surface area (Å²) in [6.45, 7) is 2.45. The Bertz CT molecular complexity index is 1490.